The molecule has 2 aliphatic carbocycles. The molecule has 0 aromatic carbocycles. The van der Waals surface area contributed by atoms with E-state index in [-0.39, 0.29) is 11.7 Å². The van der Waals surface area contributed by atoms with Crippen molar-refractivity contribution in [2.24, 2.45) is 5.92 Å². The van der Waals surface area contributed by atoms with Crippen LogP contribution in [-0.2, 0) is 16.0 Å². The summed E-state index contributed by atoms with van der Waals surface area (Å²) in [5, 5.41) is 0. The zero-order valence-corrected chi connectivity index (χ0v) is 23.2. The van der Waals surface area contributed by atoms with Crippen molar-refractivity contribution in [3.8, 4) is 0 Å². The Morgan fingerprint density at radius 3 is 2.54 bits per heavy atom. The van der Waals surface area contributed by atoms with Gasteiger partial charge in [-0.1, -0.05) is 18.6 Å². The maximum Gasteiger partial charge on any atom is 0.255 e. The van der Waals surface area contributed by atoms with Crippen LogP contribution in [-0.4, -0.2) is 67.9 Å². The maximum atomic E-state index is 13.6. The third-order valence-corrected chi connectivity index (χ3v) is 10.1. The summed E-state index contributed by atoms with van der Waals surface area (Å²) in [6.07, 6.45) is 8.43. The lowest BCUT2D eigenvalue weighted by Crippen LogP contribution is -2.40. The smallest absolute Gasteiger partial charge is 0.255 e. The van der Waals surface area contributed by atoms with E-state index >= 15 is 0 Å². The molecule has 4 rings (SSSR count). The second-order valence-corrected chi connectivity index (χ2v) is 12.1. The number of amides is 1. The molecular formula is C29H42N2O3S. The van der Waals surface area contributed by atoms with E-state index in [2.05, 4.69) is 31.9 Å². The van der Waals surface area contributed by atoms with E-state index in [9.17, 15) is 9.59 Å². The highest BCUT2D eigenvalue weighted by atomic mass is 32.1. The van der Waals surface area contributed by atoms with Crippen LogP contribution in [0.5, 0.6) is 0 Å². The fourth-order valence-electron chi connectivity index (χ4n) is 6.30. The van der Waals surface area contributed by atoms with Crippen LogP contribution in [0.4, 0.5) is 0 Å². The van der Waals surface area contributed by atoms with Gasteiger partial charge in [0.15, 0.2) is 5.78 Å². The van der Waals surface area contributed by atoms with E-state index in [0.29, 0.717) is 37.4 Å². The number of hydrogen-bond donors (Lipinski definition) is 0. The SMILES string of the molecule is COCCN(C)C1CCC([C@@H](C)c2sc3c(c2C)C(=O)N(CC2=C(C)C=C(C)CC2=O)CC3)CC1. The molecule has 1 aromatic rings. The molecule has 35 heavy (non-hydrogen) atoms. The fraction of sp³-hybridized carbons (Fsp3) is 0.655. The zero-order valence-electron chi connectivity index (χ0n) is 22.4. The van der Waals surface area contributed by atoms with Crippen LogP contribution in [0.25, 0.3) is 0 Å². The summed E-state index contributed by atoms with van der Waals surface area (Å²) in [6.45, 7) is 11.4. The van der Waals surface area contributed by atoms with Crippen LogP contribution < -0.4 is 0 Å². The molecule has 0 spiro atoms. The summed E-state index contributed by atoms with van der Waals surface area (Å²) in [7, 11) is 3.99. The number of allylic oxidation sites excluding steroid dienone is 3. The Kier molecular flexibility index (Phi) is 8.34. The van der Waals surface area contributed by atoms with Gasteiger partial charge in [-0.3, -0.25) is 9.59 Å². The number of thiophene rings is 1. The predicted octanol–water partition coefficient (Wildman–Crippen LogP) is 5.53. The summed E-state index contributed by atoms with van der Waals surface area (Å²) in [6, 6.07) is 0.653. The van der Waals surface area contributed by atoms with Gasteiger partial charge in [-0.15, -0.1) is 11.3 Å². The summed E-state index contributed by atoms with van der Waals surface area (Å²) < 4.78 is 5.25. The van der Waals surface area contributed by atoms with Gasteiger partial charge in [0.1, 0.15) is 0 Å². The highest BCUT2D eigenvalue weighted by molar-refractivity contribution is 7.12. The lowest BCUT2D eigenvalue weighted by atomic mass is 9.77. The zero-order chi connectivity index (χ0) is 25.3. The Balaban J connectivity index is 1.44. The monoisotopic (exact) mass is 498 g/mol. The van der Waals surface area contributed by atoms with Gasteiger partial charge in [-0.2, -0.15) is 0 Å². The standard InChI is InChI=1S/C29H42N2O3S/c1-18-15-19(2)24(25(32)16-18)17-31-12-11-26-27(29(31)33)21(4)28(35-26)20(3)22-7-9-23(10-8-22)30(5)13-14-34-6/h15,20,22-23H,7-14,16-17H2,1-6H3/t20-,22?,23?/m1/s1. The first-order valence-corrected chi connectivity index (χ1v) is 14.0. The van der Waals surface area contributed by atoms with Gasteiger partial charge in [0, 0.05) is 61.0 Å². The Hall–Kier alpha value is -1.76. The highest BCUT2D eigenvalue weighted by Crippen LogP contribution is 2.44. The average molecular weight is 499 g/mol. The number of carbonyl (C=O) groups excluding carboxylic acids is 2. The Bertz CT molecular complexity index is 1030. The van der Waals surface area contributed by atoms with E-state index in [4.69, 9.17) is 4.74 Å². The number of methoxy groups -OCH3 is 1. The molecule has 3 aliphatic rings. The maximum absolute atomic E-state index is 13.6. The first kappa shape index (κ1) is 26.3. The van der Waals surface area contributed by atoms with Crippen LogP contribution >= 0.6 is 11.3 Å². The normalized spacial score (nSPS) is 24.2. The number of Topliss-reactive ketones (excluding diaryl/α,β-unsaturated/α-hetero) is 1. The van der Waals surface area contributed by atoms with Crippen molar-refractivity contribution in [2.75, 3.05) is 40.4 Å². The fourth-order valence-corrected chi connectivity index (χ4v) is 7.73. The molecule has 1 saturated carbocycles. The van der Waals surface area contributed by atoms with Crippen molar-refractivity contribution in [2.45, 2.75) is 78.2 Å². The van der Waals surface area contributed by atoms with Crippen molar-refractivity contribution >= 4 is 23.0 Å². The van der Waals surface area contributed by atoms with E-state index in [1.165, 1.54) is 41.0 Å². The van der Waals surface area contributed by atoms with E-state index in [1.54, 1.807) is 7.11 Å². The van der Waals surface area contributed by atoms with Crippen LogP contribution in [0.2, 0.25) is 0 Å². The summed E-state index contributed by atoms with van der Waals surface area (Å²) >= 11 is 1.87. The number of ketones is 1. The minimum Gasteiger partial charge on any atom is -0.383 e. The summed E-state index contributed by atoms with van der Waals surface area (Å²) in [4.78, 5) is 33.2. The molecule has 192 valence electrons. The second-order valence-electron chi connectivity index (χ2n) is 10.9. The van der Waals surface area contributed by atoms with Crippen molar-refractivity contribution in [1.82, 2.24) is 9.80 Å². The molecule has 0 unspecified atom stereocenters. The highest BCUT2D eigenvalue weighted by Gasteiger charge is 2.35. The molecule has 1 atom stereocenters. The summed E-state index contributed by atoms with van der Waals surface area (Å²) in [5.41, 5.74) is 5.03. The molecular weight excluding hydrogens is 456 g/mol. The van der Waals surface area contributed by atoms with Gasteiger partial charge in [0.25, 0.3) is 5.91 Å². The number of likely N-dealkylation sites (N-methyl/N-ethyl adjacent to an activating group) is 1. The first-order valence-electron chi connectivity index (χ1n) is 13.2. The third kappa shape index (κ3) is 5.50. The average Bonchev–Trinajstić information content (AvgIpc) is 3.17. The van der Waals surface area contributed by atoms with Gasteiger partial charge >= 0.3 is 0 Å². The predicted molar refractivity (Wildman–Crippen MR) is 143 cm³/mol. The topological polar surface area (TPSA) is 49.9 Å². The van der Waals surface area contributed by atoms with E-state index < -0.39 is 0 Å². The molecule has 1 amide bonds. The van der Waals surface area contributed by atoms with Crippen LogP contribution in [0.3, 0.4) is 0 Å². The van der Waals surface area contributed by atoms with E-state index in [1.807, 2.05) is 30.1 Å². The Morgan fingerprint density at radius 2 is 1.89 bits per heavy atom. The quantitative estimate of drug-likeness (QED) is 0.473. The molecule has 1 aliphatic heterocycles. The van der Waals surface area contributed by atoms with Crippen molar-refractivity contribution in [1.29, 1.82) is 0 Å². The molecule has 0 saturated heterocycles. The van der Waals surface area contributed by atoms with Crippen LogP contribution in [0, 0.1) is 12.8 Å². The van der Waals surface area contributed by atoms with E-state index in [0.717, 1.165) is 41.9 Å². The van der Waals surface area contributed by atoms with Crippen molar-refractivity contribution in [3.63, 3.8) is 0 Å². The second kappa shape index (κ2) is 11.1. The molecule has 0 bridgehead atoms. The van der Waals surface area contributed by atoms with Gasteiger partial charge in [-0.25, -0.2) is 0 Å². The molecule has 6 heteroatoms. The minimum absolute atomic E-state index is 0.112. The van der Waals surface area contributed by atoms with Crippen LogP contribution in [0.15, 0.2) is 22.8 Å². The number of hydrogen-bond acceptors (Lipinski definition) is 5. The van der Waals surface area contributed by atoms with Crippen molar-refractivity contribution in [3.05, 3.63) is 43.7 Å². The lowest BCUT2D eigenvalue weighted by molar-refractivity contribution is -0.115. The number of ether oxygens (including phenoxy) is 1. The molecule has 1 fully saturated rings. The van der Waals surface area contributed by atoms with Gasteiger partial charge < -0.3 is 14.5 Å². The van der Waals surface area contributed by atoms with Crippen LogP contribution in [0.1, 0.15) is 84.5 Å². The Labute approximate surface area is 215 Å². The molecule has 2 heterocycles. The molecule has 1 aromatic heterocycles. The lowest BCUT2D eigenvalue weighted by Gasteiger charge is -2.36. The first-order chi connectivity index (χ1) is 16.7. The number of carbonyl (C=O) groups is 2. The number of fused-ring (bicyclic) bond motifs is 1. The van der Waals surface area contributed by atoms with Gasteiger partial charge in [-0.05, 0) is 76.5 Å². The summed E-state index contributed by atoms with van der Waals surface area (Å²) in [5.74, 6) is 1.44. The number of nitrogens with zero attached hydrogens (tertiary/aromatic N) is 2. The van der Waals surface area contributed by atoms with Gasteiger partial charge in [0.05, 0.1) is 12.2 Å². The molecule has 0 radical (unpaired) electrons. The minimum atomic E-state index is 0.112. The molecule has 5 nitrogen and oxygen atoms in total. The largest absolute Gasteiger partial charge is 0.383 e. The molecule has 0 N–H and O–H groups in total. The Morgan fingerprint density at radius 1 is 1.17 bits per heavy atom. The van der Waals surface area contributed by atoms with Gasteiger partial charge in [0.2, 0.25) is 0 Å². The van der Waals surface area contributed by atoms with Crippen molar-refractivity contribution < 1.29 is 14.3 Å². The number of rotatable bonds is 8. The third-order valence-electron chi connectivity index (χ3n) is 8.56.